The van der Waals surface area contributed by atoms with Gasteiger partial charge in [-0.2, -0.15) is 5.10 Å². The maximum atomic E-state index is 11.9. The molecule has 2 aromatic rings. The van der Waals surface area contributed by atoms with Gasteiger partial charge in [0.1, 0.15) is 0 Å². The van der Waals surface area contributed by atoms with Crippen LogP contribution in [0.2, 0.25) is 0 Å². The number of aromatic nitrogens is 3. The van der Waals surface area contributed by atoms with E-state index in [2.05, 4.69) is 26.8 Å². The smallest absolute Gasteiger partial charge is 0.237 e. The van der Waals surface area contributed by atoms with Crippen molar-refractivity contribution in [1.29, 1.82) is 0 Å². The molecule has 21 heavy (non-hydrogen) atoms. The molecule has 0 saturated carbocycles. The second-order valence-corrected chi connectivity index (χ2v) is 5.64. The molecule has 1 atom stereocenters. The van der Waals surface area contributed by atoms with Crippen LogP contribution in [-0.2, 0) is 18.4 Å². The molecule has 1 amide bonds. The molecule has 0 aromatic carbocycles. The quantitative estimate of drug-likeness (QED) is 0.884. The van der Waals surface area contributed by atoms with E-state index in [1.165, 1.54) is 0 Å². The number of amides is 1. The Labute approximate surface area is 123 Å². The summed E-state index contributed by atoms with van der Waals surface area (Å²) in [5.74, 6) is 0.110. The molecule has 3 heterocycles. The Morgan fingerprint density at radius 1 is 1.48 bits per heavy atom. The molecule has 1 aliphatic rings. The normalized spacial score (nSPS) is 19.5. The lowest BCUT2D eigenvalue weighted by Crippen LogP contribution is -2.42. The molecule has 1 unspecified atom stereocenters. The minimum absolute atomic E-state index is 0.0989. The molecule has 1 fully saturated rings. The molecular formula is C15H21N5O. The van der Waals surface area contributed by atoms with E-state index in [4.69, 9.17) is 0 Å². The lowest BCUT2D eigenvalue weighted by atomic mass is 10.1. The van der Waals surface area contributed by atoms with Crippen LogP contribution in [0.1, 0.15) is 30.5 Å². The van der Waals surface area contributed by atoms with E-state index in [1.54, 1.807) is 4.68 Å². The van der Waals surface area contributed by atoms with Gasteiger partial charge in [0.2, 0.25) is 5.91 Å². The monoisotopic (exact) mass is 287 g/mol. The fourth-order valence-electron chi connectivity index (χ4n) is 2.82. The fraction of sp³-hybridized carbons (Fsp3) is 0.533. The van der Waals surface area contributed by atoms with Crippen LogP contribution in [-0.4, -0.2) is 33.3 Å². The highest BCUT2D eigenvalue weighted by atomic mass is 16.2. The second-order valence-electron chi connectivity index (χ2n) is 5.64. The summed E-state index contributed by atoms with van der Waals surface area (Å²) < 4.78 is 1.79. The summed E-state index contributed by atoms with van der Waals surface area (Å²) in [7, 11) is 1.90. The molecule has 6 heteroatoms. The topological polar surface area (TPSA) is 71.8 Å². The predicted molar refractivity (Wildman–Crippen MR) is 80.7 cm³/mol. The third kappa shape index (κ3) is 2.90. The van der Waals surface area contributed by atoms with E-state index in [9.17, 15) is 4.79 Å². The van der Waals surface area contributed by atoms with Crippen molar-refractivity contribution in [3.63, 3.8) is 0 Å². The summed E-state index contributed by atoms with van der Waals surface area (Å²) in [5, 5.41) is 11.7. The average molecular weight is 287 g/mol. The standard InChI is InChI=1S/C15H21N5O/c1-10-12-7-11(9-18-14(12)20(2)19-10)8-17-13-5-3-4-6-16-15(13)21/h7,9,13,17H,3-6,8H2,1-2H3,(H,16,21). The number of hydrogen-bond donors (Lipinski definition) is 2. The maximum absolute atomic E-state index is 11.9. The van der Waals surface area contributed by atoms with E-state index in [-0.39, 0.29) is 11.9 Å². The summed E-state index contributed by atoms with van der Waals surface area (Å²) in [4.78, 5) is 16.4. The summed E-state index contributed by atoms with van der Waals surface area (Å²) in [6, 6.07) is 2.00. The molecule has 0 bridgehead atoms. The highest BCUT2D eigenvalue weighted by Crippen LogP contribution is 2.16. The molecule has 0 spiro atoms. The number of rotatable bonds is 3. The van der Waals surface area contributed by atoms with E-state index in [0.717, 1.165) is 48.1 Å². The van der Waals surface area contributed by atoms with Crippen molar-refractivity contribution in [3.05, 3.63) is 23.5 Å². The number of fused-ring (bicyclic) bond motifs is 1. The van der Waals surface area contributed by atoms with Gasteiger partial charge < -0.3 is 10.6 Å². The highest BCUT2D eigenvalue weighted by molar-refractivity contribution is 5.82. The number of aryl methyl sites for hydroxylation is 2. The van der Waals surface area contributed by atoms with Crippen molar-refractivity contribution in [1.82, 2.24) is 25.4 Å². The van der Waals surface area contributed by atoms with Crippen molar-refractivity contribution in [3.8, 4) is 0 Å². The fourth-order valence-corrected chi connectivity index (χ4v) is 2.82. The summed E-state index contributed by atoms with van der Waals surface area (Å²) in [6.45, 7) is 3.43. The van der Waals surface area contributed by atoms with Crippen LogP contribution in [0.5, 0.6) is 0 Å². The molecule has 1 saturated heterocycles. The van der Waals surface area contributed by atoms with E-state index in [0.29, 0.717) is 6.54 Å². The van der Waals surface area contributed by atoms with Crippen molar-refractivity contribution in [2.75, 3.05) is 6.54 Å². The third-order valence-corrected chi connectivity index (χ3v) is 4.01. The Balaban J connectivity index is 1.72. The number of nitrogens with zero attached hydrogens (tertiary/aromatic N) is 3. The van der Waals surface area contributed by atoms with E-state index >= 15 is 0 Å². The van der Waals surface area contributed by atoms with Crippen LogP contribution in [0.4, 0.5) is 0 Å². The Bertz CT molecular complexity index is 663. The molecule has 0 aliphatic carbocycles. The SMILES string of the molecule is Cc1nn(C)c2ncc(CNC3CCCCNC3=O)cc12. The van der Waals surface area contributed by atoms with Crippen LogP contribution in [0.3, 0.4) is 0 Å². The van der Waals surface area contributed by atoms with Crippen molar-refractivity contribution >= 4 is 16.9 Å². The van der Waals surface area contributed by atoms with Crippen LogP contribution < -0.4 is 10.6 Å². The van der Waals surface area contributed by atoms with Gasteiger partial charge >= 0.3 is 0 Å². The van der Waals surface area contributed by atoms with Crippen LogP contribution >= 0.6 is 0 Å². The number of pyridine rings is 1. The molecule has 2 aromatic heterocycles. The van der Waals surface area contributed by atoms with Gasteiger partial charge in [-0.3, -0.25) is 9.48 Å². The number of hydrogen-bond acceptors (Lipinski definition) is 4. The second kappa shape index (κ2) is 5.81. The number of carbonyl (C=O) groups is 1. The highest BCUT2D eigenvalue weighted by Gasteiger charge is 2.19. The molecule has 6 nitrogen and oxygen atoms in total. The summed E-state index contributed by atoms with van der Waals surface area (Å²) in [6.07, 6.45) is 4.89. The Hall–Kier alpha value is -1.95. The molecular weight excluding hydrogens is 266 g/mol. The zero-order valence-electron chi connectivity index (χ0n) is 12.5. The first-order valence-electron chi connectivity index (χ1n) is 7.44. The zero-order chi connectivity index (χ0) is 14.8. The van der Waals surface area contributed by atoms with Gasteiger partial charge in [0, 0.05) is 31.7 Å². The molecule has 112 valence electrons. The minimum atomic E-state index is -0.0989. The van der Waals surface area contributed by atoms with Crippen LogP contribution in [0.25, 0.3) is 11.0 Å². The van der Waals surface area contributed by atoms with Crippen LogP contribution in [0, 0.1) is 6.92 Å². The molecule has 1 aliphatic heterocycles. The van der Waals surface area contributed by atoms with Gasteiger partial charge in [-0.15, -0.1) is 0 Å². The predicted octanol–water partition coefficient (Wildman–Crippen LogP) is 1.04. The number of carbonyl (C=O) groups excluding carboxylic acids is 1. The van der Waals surface area contributed by atoms with Gasteiger partial charge in [0.15, 0.2) is 5.65 Å². The van der Waals surface area contributed by atoms with Gasteiger partial charge in [0.05, 0.1) is 11.7 Å². The van der Waals surface area contributed by atoms with Gasteiger partial charge in [0.25, 0.3) is 0 Å². The van der Waals surface area contributed by atoms with Crippen molar-refractivity contribution < 1.29 is 4.79 Å². The maximum Gasteiger partial charge on any atom is 0.237 e. The molecule has 0 radical (unpaired) electrons. The lowest BCUT2D eigenvalue weighted by molar-refractivity contribution is -0.122. The third-order valence-electron chi connectivity index (χ3n) is 4.01. The first-order chi connectivity index (χ1) is 10.1. The van der Waals surface area contributed by atoms with Crippen molar-refractivity contribution in [2.45, 2.75) is 38.8 Å². The zero-order valence-corrected chi connectivity index (χ0v) is 12.5. The Morgan fingerprint density at radius 3 is 3.19 bits per heavy atom. The molecule has 2 N–H and O–H groups in total. The van der Waals surface area contributed by atoms with E-state index in [1.807, 2.05) is 20.2 Å². The lowest BCUT2D eigenvalue weighted by Gasteiger charge is -2.15. The van der Waals surface area contributed by atoms with Gasteiger partial charge in [-0.25, -0.2) is 4.98 Å². The Morgan fingerprint density at radius 2 is 2.33 bits per heavy atom. The number of nitrogens with one attached hydrogen (secondary N) is 2. The summed E-state index contributed by atoms with van der Waals surface area (Å²) >= 11 is 0. The van der Waals surface area contributed by atoms with Crippen molar-refractivity contribution in [2.24, 2.45) is 7.05 Å². The average Bonchev–Trinajstić information content (AvgIpc) is 2.63. The van der Waals surface area contributed by atoms with E-state index < -0.39 is 0 Å². The summed E-state index contributed by atoms with van der Waals surface area (Å²) in [5.41, 5.74) is 2.95. The molecule has 3 rings (SSSR count). The first kappa shape index (κ1) is 14.0. The van der Waals surface area contributed by atoms with Gasteiger partial charge in [-0.05, 0) is 37.8 Å². The Kier molecular flexibility index (Phi) is 3.88. The first-order valence-corrected chi connectivity index (χ1v) is 7.44. The van der Waals surface area contributed by atoms with Crippen LogP contribution in [0.15, 0.2) is 12.3 Å². The van der Waals surface area contributed by atoms with Gasteiger partial charge in [-0.1, -0.05) is 0 Å². The minimum Gasteiger partial charge on any atom is -0.355 e. The largest absolute Gasteiger partial charge is 0.355 e.